The lowest BCUT2D eigenvalue weighted by atomic mass is 9.91. The highest BCUT2D eigenvalue weighted by molar-refractivity contribution is 6.32. The number of nitrogens with one attached hydrogen (secondary N) is 2. The molecule has 12 heteroatoms. The van der Waals surface area contributed by atoms with Crippen LogP contribution in [-0.4, -0.2) is 37.2 Å². The molecule has 1 aliphatic rings. The van der Waals surface area contributed by atoms with E-state index < -0.39 is 18.4 Å². The first kappa shape index (κ1) is 22.4. The molecular formula is C20H21ClF4N6O. The molecule has 7 nitrogen and oxygen atoms in total. The van der Waals surface area contributed by atoms with Crippen molar-refractivity contribution in [3.8, 4) is 0 Å². The van der Waals surface area contributed by atoms with Crippen LogP contribution in [0.2, 0.25) is 5.15 Å². The number of carbonyl (C=O) groups excluding carboxylic acids is 1. The van der Waals surface area contributed by atoms with E-state index in [9.17, 15) is 22.4 Å². The average molecular weight is 473 g/mol. The third kappa shape index (κ3) is 4.67. The molecule has 3 heterocycles. The van der Waals surface area contributed by atoms with Crippen LogP contribution in [0.5, 0.6) is 0 Å². The van der Waals surface area contributed by atoms with Gasteiger partial charge in [-0.2, -0.15) is 22.7 Å². The van der Waals surface area contributed by atoms with Crippen molar-refractivity contribution in [1.82, 2.24) is 24.5 Å². The Kier molecular flexibility index (Phi) is 6.02. The van der Waals surface area contributed by atoms with Gasteiger partial charge in [-0.15, -0.1) is 0 Å². The van der Waals surface area contributed by atoms with E-state index in [1.54, 1.807) is 22.6 Å². The molecule has 172 valence electrons. The van der Waals surface area contributed by atoms with E-state index in [-0.39, 0.29) is 28.5 Å². The lowest BCUT2D eigenvalue weighted by Gasteiger charge is -2.30. The molecule has 3 aromatic rings. The number of rotatable bonds is 6. The summed E-state index contributed by atoms with van der Waals surface area (Å²) in [4.78, 5) is 16.4. The standard InChI is InChI=1S/C20H21ClF4N6O/c1-20(24,25)14-10-30-15(3-2-4-16(30)28-14)26-11-5-7-12(8-6-11)27-18(32)13-9-31(19(22)23)29-17(13)21/h2-4,9-12,19,26H,5-8H2,1H3,(H,27,32)/t11-,12+. The van der Waals surface area contributed by atoms with Gasteiger partial charge in [0.25, 0.3) is 11.8 Å². The first-order valence-corrected chi connectivity index (χ1v) is 10.5. The summed E-state index contributed by atoms with van der Waals surface area (Å²) in [6.07, 6.45) is 5.00. The third-order valence-corrected chi connectivity index (χ3v) is 5.77. The lowest BCUT2D eigenvalue weighted by Crippen LogP contribution is -2.40. The zero-order valence-corrected chi connectivity index (χ0v) is 17.8. The average Bonchev–Trinajstić information content (AvgIpc) is 3.34. The normalized spacial score (nSPS) is 19.5. The fourth-order valence-electron chi connectivity index (χ4n) is 3.82. The van der Waals surface area contributed by atoms with Crippen molar-refractivity contribution < 1.29 is 22.4 Å². The minimum absolute atomic E-state index is 0.0758. The van der Waals surface area contributed by atoms with Crippen LogP contribution in [0.1, 0.15) is 55.2 Å². The quantitative estimate of drug-likeness (QED) is 0.503. The van der Waals surface area contributed by atoms with Gasteiger partial charge in [0, 0.05) is 31.4 Å². The second kappa shape index (κ2) is 8.61. The first-order valence-electron chi connectivity index (χ1n) is 10.1. The van der Waals surface area contributed by atoms with Crippen LogP contribution in [0.25, 0.3) is 5.65 Å². The van der Waals surface area contributed by atoms with Crippen LogP contribution in [0.15, 0.2) is 30.6 Å². The maximum Gasteiger partial charge on any atom is 0.333 e. The number of hydrogen-bond acceptors (Lipinski definition) is 4. The maximum absolute atomic E-state index is 13.6. The molecule has 32 heavy (non-hydrogen) atoms. The minimum Gasteiger partial charge on any atom is -0.368 e. The number of fused-ring (bicyclic) bond motifs is 1. The number of nitrogens with zero attached hydrogens (tertiary/aromatic N) is 4. The Morgan fingerprint density at radius 1 is 1.19 bits per heavy atom. The number of pyridine rings is 1. The summed E-state index contributed by atoms with van der Waals surface area (Å²) >= 11 is 5.80. The number of aromatic nitrogens is 4. The van der Waals surface area contributed by atoms with E-state index in [0.29, 0.717) is 29.0 Å². The summed E-state index contributed by atoms with van der Waals surface area (Å²) in [5.74, 6) is -2.92. The zero-order chi connectivity index (χ0) is 23.0. The van der Waals surface area contributed by atoms with E-state index in [0.717, 1.165) is 26.0 Å². The predicted octanol–water partition coefficient (Wildman–Crippen LogP) is 4.84. The van der Waals surface area contributed by atoms with Gasteiger partial charge in [0.2, 0.25) is 0 Å². The number of hydrogen-bond donors (Lipinski definition) is 2. The van der Waals surface area contributed by atoms with Gasteiger partial charge in [-0.25, -0.2) is 9.67 Å². The second-order valence-electron chi connectivity index (χ2n) is 7.91. The highest BCUT2D eigenvalue weighted by atomic mass is 35.5. The Balaban J connectivity index is 1.36. The molecule has 0 saturated heterocycles. The SMILES string of the molecule is CC(F)(F)c1cn2c(N[C@H]3CC[C@@H](NC(=O)c4cn(C(F)F)nc4Cl)CC3)cccc2n1. The maximum atomic E-state index is 13.6. The van der Waals surface area contributed by atoms with E-state index in [1.165, 1.54) is 6.20 Å². The zero-order valence-electron chi connectivity index (χ0n) is 17.0. The summed E-state index contributed by atoms with van der Waals surface area (Å²) in [6.45, 7) is -2.07. The number of imidazole rings is 1. The molecule has 3 aromatic heterocycles. The fourth-order valence-corrected chi connectivity index (χ4v) is 4.04. The molecule has 1 saturated carbocycles. The van der Waals surface area contributed by atoms with Crippen LogP contribution in [-0.2, 0) is 5.92 Å². The van der Waals surface area contributed by atoms with Crippen LogP contribution < -0.4 is 10.6 Å². The summed E-state index contributed by atoms with van der Waals surface area (Å²) in [6, 6.07) is 5.14. The molecule has 0 unspecified atom stereocenters. The van der Waals surface area contributed by atoms with Crippen molar-refractivity contribution in [2.75, 3.05) is 5.32 Å². The summed E-state index contributed by atoms with van der Waals surface area (Å²) in [7, 11) is 0. The monoisotopic (exact) mass is 472 g/mol. The fraction of sp³-hybridized carbons (Fsp3) is 0.450. The Bertz CT molecular complexity index is 1120. The van der Waals surface area contributed by atoms with Gasteiger partial charge in [0.1, 0.15) is 17.2 Å². The van der Waals surface area contributed by atoms with E-state index >= 15 is 0 Å². The van der Waals surface area contributed by atoms with E-state index in [1.807, 2.05) is 0 Å². The Labute approximate surface area is 185 Å². The smallest absolute Gasteiger partial charge is 0.333 e. The van der Waals surface area contributed by atoms with E-state index in [4.69, 9.17) is 11.6 Å². The summed E-state index contributed by atoms with van der Waals surface area (Å²) in [5, 5.41) is 9.34. The molecule has 0 radical (unpaired) electrons. The third-order valence-electron chi connectivity index (χ3n) is 5.49. The van der Waals surface area contributed by atoms with Gasteiger partial charge in [0.15, 0.2) is 5.15 Å². The molecule has 1 aliphatic carbocycles. The summed E-state index contributed by atoms with van der Waals surface area (Å²) in [5.41, 5.74) is 0.0308. The number of carbonyl (C=O) groups is 1. The van der Waals surface area contributed by atoms with E-state index in [2.05, 4.69) is 20.7 Å². The van der Waals surface area contributed by atoms with Crippen molar-refractivity contribution in [2.45, 2.75) is 57.2 Å². The van der Waals surface area contributed by atoms with Gasteiger partial charge >= 0.3 is 6.55 Å². The van der Waals surface area contributed by atoms with Crippen LogP contribution in [0.4, 0.5) is 23.4 Å². The summed E-state index contributed by atoms with van der Waals surface area (Å²) < 4.78 is 54.7. The Hall–Kier alpha value is -2.82. The van der Waals surface area contributed by atoms with Crippen molar-refractivity contribution in [3.05, 3.63) is 47.0 Å². The van der Waals surface area contributed by atoms with Crippen LogP contribution in [0, 0.1) is 0 Å². The Morgan fingerprint density at radius 3 is 2.50 bits per heavy atom. The molecule has 0 atom stereocenters. The largest absolute Gasteiger partial charge is 0.368 e. The van der Waals surface area contributed by atoms with Crippen molar-refractivity contribution >= 4 is 29.0 Å². The molecule has 0 bridgehead atoms. The molecule has 0 aliphatic heterocycles. The predicted molar refractivity (Wildman–Crippen MR) is 110 cm³/mol. The highest BCUT2D eigenvalue weighted by Crippen LogP contribution is 2.29. The number of alkyl halides is 4. The molecule has 1 amide bonds. The molecule has 2 N–H and O–H groups in total. The van der Waals surface area contributed by atoms with Gasteiger partial charge in [-0.3, -0.25) is 9.20 Å². The van der Waals surface area contributed by atoms with Gasteiger partial charge in [-0.1, -0.05) is 17.7 Å². The van der Waals surface area contributed by atoms with Crippen LogP contribution in [0.3, 0.4) is 0 Å². The van der Waals surface area contributed by atoms with Gasteiger partial charge in [0.05, 0.1) is 5.56 Å². The van der Waals surface area contributed by atoms with Crippen molar-refractivity contribution in [3.63, 3.8) is 0 Å². The first-order chi connectivity index (χ1) is 15.1. The minimum atomic E-state index is -3.03. The van der Waals surface area contributed by atoms with Gasteiger partial charge < -0.3 is 10.6 Å². The highest BCUT2D eigenvalue weighted by Gasteiger charge is 2.29. The molecule has 1 fully saturated rings. The molecule has 4 rings (SSSR count). The van der Waals surface area contributed by atoms with Crippen molar-refractivity contribution in [1.29, 1.82) is 0 Å². The second-order valence-corrected chi connectivity index (χ2v) is 8.27. The Morgan fingerprint density at radius 2 is 1.88 bits per heavy atom. The van der Waals surface area contributed by atoms with Crippen molar-refractivity contribution in [2.24, 2.45) is 0 Å². The molecule has 0 spiro atoms. The number of amides is 1. The number of halogens is 5. The molecule has 0 aromatic carbocycles. The molecular weight excluding hydrogens is 452 g/mol. The lowest BCUT2D eigenvalue weighted by molar-refractivity contribution is 0.0133. The van der Waals surface area contributed by atoms with Crippen LogP contribution >= 0.6 is 11.6 Å². The number of anilines is 1. The van der Waals surface area contributed by atoms with Gasteiger partial charge in [-0.05, 0) is 37.8 Å². The topological polar surface area (TPSA) is 76.2 Å².